The predicted molar refractivity (Wildman–Crippen MR) is 72.2 cm³/mol. The van der Waals surface area contributed by atoms with Crippen LogP contribution in [0, 0.1) is 11.3 Å². The molecule has 0 heterocycles. The van der Waals surface area contributed by atoms with E-state index >= 15 is 0 Å². The SMILES string of the molecule is N#CCCN(Cc1ccc(Br)c(N)c1)C1CC1. The van der Waals surface area contributed by atoms with Gasteiger partial charge in [0.2, 0.25) is 0 Å². The fourth-order valence-corrected chi connectivity index (χ4v) is 2.20. The molecular weight excluding hydrogens is 278 g/mol. The summed E-state index contributed by atoms with van der Waals surface area (Å²) in [6.45, 7) is 1.75. The largest absolute Gasteiger partial charge is 0.398 e. The molecule has 1 aliphatic carbocycles. The first-order valence-electron chi connectivity index (χ1n) is 5.85. The zero-order valence-corrected chi connectivity index (χ0v) is 11.3. The zero-order chi connectivity index (χ0) is 12.3. The number of anilines is 1. The first-order valence-corrected chi connectivity index (χ1v) is 6.65. The fraction of sp³-hybridized carbons (Fsp3) is 0.462. The molecule has 1 aromatic rings. The van der Waals surface area contributed by atoms with Crippen molar-refractivity contribution in [2.75, 3.05) is 12.3 Å². The van der Waals surface area contributed by atoms with Crippen molar-refractivity contribution in [3.63, 3.8) is 0 Å². The van der Waals surface area contributed by atoms with Gasteiger partial charge < -0.3 is 5.73 Å². The lowest BCUT2D eigenvalue weighted by Gasteiger charge is -2.20. The number of nitriles is 1. The lowest BCUT2D eigenvalue weighted by atomic mass is 10.2. The Morgan fingerprint density at radius 1 is 1.47 bits per heavy atom. The van der Waals surface area contributed by atoms with Crippen molar-refractivity contribution in [1.29, 1.82) is 5.26 Å². The van der Waals surface area contributed by atoms with E-state index < -0.39 is 0 Å². The Labute approximate surface area is 110 Å². The number of nitrogens with zero attached hydrogens (tertiary/aromatic N) is 2. The van der Waals surface area contributed by atoms with E-state index in [1.165, 1.54) is 18.4 Å². The number of hydrogen-bond donors (Lipinski definition) is 1. The summed E-state index contributed by atoms with van der Waals surface area (Å²) >= 11 is 3.40. The summed E-state index contributed by atoms with van der Waals surface area (Å²) in [5.41, 5.74) is 7.86. The molecule has 1 saturated carbocycles. The van der Waals surface area contributed by atoms with Crippen molar-refractivity contribution >= 4 is 21.6 Å². The number of halogens is 1. The highest BCUT2D eigenvalue weighted by Gasteiger charge is 2.28. The van der Waals surface area contributed by atoms with Crippen molar-refractivity contribution < 1.29 is 0 Å². The topological polar surface area (TPSA) is 53.0 Å². The van der Waals surface area contributed by atoms with E-state index in [-0.39, 0.29) is 0 Å². The second-order valence-electron chi connectivity index (χ2n) is 4.47. The highest BCUT2D eigenvalue weighted by molar-refractivity contribution is 9.10. The average Bonchev–Trinajstić information content (AvgIpc) is 3.13. The summed E-state index contributed by atoms with van der Waals surface area (Å²) < 4.78 is 0.941. The van der Waals surface area contributed by atoms with Crippen LogP contribution in [-0.2, 0) is 6.54 Å². The molecule has 1 fully saturated rings. The number of benzene rings is 1. The summed E-state index contributed by atoms with van der Waals surface area (Å²) in [6.07, 6.45) is 3.12. The normalized spacial score (nSPS) is 14.9. The molecule has 0 spiro atoms. The maximum absolute atomic E-state index is 8.66. The van der Waals surface area contributed by atoms with Crippen molar-refractivity contribution in [2.45, 2.75) is 31.8 Å². The van der Waals surface area contributed by atoms with E-state index in [4.69, 9.17) is 11.0 Å². The van der Waals surface area contributed by atoms with Crippen LogP contribution in [0.15, 0.2) is 22.7 Å². The van der Waals surface area contributed by atoms with Gasteiger partial charge in [0.05, 0.1) is 6.07 Å². The van der Waals surface area contributed by atoms with Gasteiger partial charge in [0.15, 0.2) is 0 Å². The fourth-order valence-electron chi connectivity index (χ4n) is 1.95. The van der Waals surface area contributed by atoms with Gasteiger partial charge in [-0.25, -0.2) is 0 Å². The minimum atomic E-state index is 0.600. The van der Waals surface area contributed by atoms with Crippen molar-refractivity contribution in [3.8, 4) is 6.07 Å². The molecule has 0 aliphatic heterocycles. The number of nitrogens with two attached hydrogens (primary N) is 1. The second kappa shape index (κ2) is 5.52. The van der Waals surface area contributed by atoms with Gasteiger partial charge in [-0.1, -0.05) is 6.07 Å². The first-order chi connectivity index (χ1) is 8.20. The van der Waals surface area contributed by atoms with Gasteiger partial charge in [-0.2, -0.15) is 5.26 Å². The molecule has 3 nitrogen and oxygen atoms in total. The molecule has 0 atom stereocenters. The number of hydrogen-bond acceptors (Lipinski definition) is 3. The molecule has 17 heavy (non-hydrogen) atoms. The zero-order valence-electron chi connectivity index (χ0n) is 9.69. The summed E-state index contributed by atoms with van der Waals surface area (Å²) in [6, 6.07) is 8.96. The van der Waals surface area contributed by atoms with Crippen LogP contribution >= 0.6 is 15.9 Å². The molecule has 2 N–H and O–H groups in total. The summed E-state index contributed by atoms with van der Waals surface area (Å²) in [4.78, 5) is 2.38. The van der Waals surface area contributed by atoms with Crippen LogP contribution in [0.2, 0.25) is 0 Å². The Morgan fingerprint density at radius 2 is 2.24 bits per heavy atom. The van der Waals surface area contributed by atoms with Crippen LogP contribution in [0.1, 0.15) is 24.8 Å². The van der Waals surface area contributed by atoms with Crippen LogP contribution in [0.3, 0.4) is 0 Å². The Balaban J connectivity index is 2.01. The molecule has 0 bridgehead atoms. The summed E-state index contributed by atoms with van der Waals surface area (Å²) in [5, 5.41) is 8.66. The van der Waals surface area contributed by atoms with Gasteiger partial charge in [-0.05, 0) is 46.5 Å². The molecule has 0 radical (unpaired) electrons. The van der Waals surface area contributed by atoms with Crippen LogP contribution in [0.4, 0.5) is 5.69 Å². The molecule has 1 aromatic carbocycles. The van der Waals surface area contributed by atoms with Crippen LogP contribution < -0.4 is 5.73 Å². The number of nitrogen functional groups attached to an aromatic ring is 1. The van der Waals surface area contributed by atoms with E-state index in [0.717, 1.165) is 23.2 Å². The second-order valence-corrected chi connectivity index (χ2v) is 5.32. The predicted octanol–water partition coefficient (Wildman–Crippen LogP) is 2.91. The maximum Gasteiger partial charge on any atom is 0.0635 e. The van der Waals surface area contributed by atoms with Crippen LogP contribution in [0.5, 0.6) is 0 Å². The standard InChI is InChI=1S/C13H16BrN3/c14-12-5-2-10(8-13(12)16)9-17(7-1-6-15)11-3-4-11/h2,5,8,11H,1,3-4,7,9,16H2. The molecule has 0 saturated heterocycles. The van der Waals surface area contributed by atoms with E-state index in [9.17, 15) is 0 Å². The van der Waals surface area contributed by atoms with E-state index in [1.807, 2.05) is 12.1 Å². The molecule has 0 amide bonds. The Hall–Kier alpha value is -1.05. The minimum absolute atomic E-state index is 0.600. The average molecular weight is 294 g/mol. The minimum Gasteiger partial charge on any atom is -0.398 e. The lowest BCUT2D eigenvalue weighted by molar-refractivity contribution is 0.261. The quantitative estimate of drug-likeness (QED) is 0.850. The van der Waals surface area contributed by atoms with Crippen molar-refractivity contribution in [3.05, 3.63) is 28.2 Å². The molecule has 90 valence electrons. The van der Waals surface area contributed by atoms with Gasteiger partial charge in [-0.15, -0.1) is 0 Å². The molecule has 0 unspecified atom stereocenters. The maximum atomic E-state index is 8.66. The van der Waals surface area contributed by atoms with Gasteiger partial charge in [0.25, 0.3) is 0 Å². The number of rotatable bonds is 5. The lowest BCUT2D eigenvalue weighted by Crippen LogP contribution is -2.26. The third-order valence-electron chi connectivity index (χ3n) is 3.02. The molecular formula is C13H16BrN3. The molecule has 4 heteroatoms. The van der Waals surface area contributed by atoms with E-state index in [0.29, 0.717) is 12.5 Å². The summed E-state index contributed by atoms with van der Waals surface area (Å²) in [7, 11) is 0. The highest BCUT2D eigenvalue weighted by Crippen LogP contribution is 2.29. The van der Waals surface area contributed by atoms with Crippen molar-refractivity contribution in [1.82, 2.24) is 4.90 Å². The Bertz CT molecular complexity index is 435. The van der Waals surface area contributed by atoms with E-state index in [1.54, 1.807) is 0 Å². The smallest absolute Gasteiger partial charge is 0.0635 e. The molecule has 0 aromatic heterocycles. The van der Waals surface area contributed by atoms with E-state index in [2.05, 4.69) is 33.0 Å². The monoisotopic (exact) mass is 293 g/mol. The van der Waals surface area contributed by atoms with Crippen molar-refractivity contribution in [2.24, 2.45) is 0 Å². The van der Waals surface area contributed by atoms with Gasteiger partial charge >= 0.3 is 0 Å². The van der Waals surface area contributed by atoms with Crippen LogP contribution in [-0.4, -0.2) is 17.5 Å². The third kappa shape index (κ3) is 3.45. The van der Waals surface area contributed by atoms with Gasteiger partial charge in [-0.3, -0.25) is 4.90 Å². The van der Waals surface area contributed by atoms with Gasteiger partial charge in [0, 0.05) is 35.7 Å². The summed E-state index contributed by atoms with van der Waals surface area (Å²) in [5.74, 6) is 0. The Kier molecular flexibility index (Phi) is 4.03. The molecule has 2 rings (SSSR count). The molecule has 1 aliphatic rings. The van der Waals surface area contributed by atoms with Gasteiger partial charge in [0.1, 0.15) is 0 Å². The first kappa shape index (κ1) is 12.4. The highest BCUT2D eigenvalue weighted by atomic mass is 79.9. The third-order valence-corrected chi connectivity index (χ3v) is 3.74. The van der Waals surface area contributed by atoms with Crippen LogP contribution in [0.25, 0.3) is 0 Å². The Morgan fingerprint density at radius 3 is 2.82 bits per heavy atom.